The van der Waals surface area contributed by atoms with Crippen LogP contribution in [0.2, 0.25) is 0 Å². The first-order valence-electron chi connectivity index (χ1n) is 7.56. The second kappa shape index (κ2) is 5.43. The largest absolute Gasteiger partial charge is 0.387 e. The summed E-state index contributed by atoms with van der Waals surface area (Å²) in [5.74, 6) is 2.57. The molecule has 20 heavy (non-hydrogen) atoms. The van der Waals surface area contributed by atoms with Gasteiger partial charge in [0.15, 0.2) is 0 Å². The summed E-state index contributed by atoms with van der Waals surface area (Å²) in [6, 6.07) is 1.85. The summed E-state index contributed by atoms with van der Waals surface area (Å²) in [5, 5.41) is 3.06. The molecule has 1 heterocycles. The highest BCUT2D eigenvalue weighted by Gasteiger charge is 2.40. The minimum absolute atomic E-state index is 0.0743. The lowest BCUT2D eigenvalue weighted by atomic mass is 9.88. The number of nitrogens with zero attached hydrogens (tertiary/aromatic N) is 2. The smallest absolute Gasteiger partial charge is 0.257 e. The Morgan fingerprint density at radius 1 is 1.45 bits per heavy atom. The number of rotatable bonds is 4. The summed E-state index contributed by atoms with van der Waals surface area (Å²) in [7, 11) is 3.75. The van der Waals surface area contributed by atoms with Gasteiger partial charge in [0.05, 0.1) is 5.56 Å². The van der Waals surface area contributed by atoms with Crippen LogP contribution in [-0.2, 0) is 0 Å². The fourth-order valence-corrected chi connectivity index (χ4v) is 4.02. The topological polar surface area (TPSA) is 45.2 Å². The monoisotopic (exact) mass is 273 g/mol. The minimum atomic E-state index is 0.0743. The van der Waals surface area contributed by atoms with Crippen LogP contribution in [0.3, 0.4) is 0 Å². The maximum Gasteiger partial charge on any atom is 0.257 e. The molecule has 0 radical (unpaired) electrons. The molecular formula is C16H23N3O. The quantitative estimate of drug-likeness (QED) is 0.917. The summed E-state index contributed by atoms with van der Waals surface area (Å²) in [5.41, 5.74) is 1.52. The predicted molar refractivity (Wildman–Crippen MR) is 79.7 cm³/mol. The van der Waals surface area contributed by atoms with Gasteiger partial charge in [-0.3, -0.25) is 9.78 Å². The molecule has 3 unspecified atom stereocenters. The zero-order chi connectivity index (χ0) is 14.1. The zero-order valence-corrected chi connectivity index (χ0v) is 12.3. The van der Waals surface area contributed by atoms with Crippen LogP contribution in [0.5, 0.6) is 0 Å². The molecular weight excluding hydrogens is 250 g/mol. The summed E-state index contributed by atoms with van der Waals surface area (Å²) in [4.78, 5) is 18.5. The highest BCUT2D eigenvalue weighted by Crippen LogP contribution is 2.48. The Morgan fingerprint density at radius 2 is 2.30 bits per heavy atom. The molecule has 2 aliphatic rings. The molecule has 4 heteroatoms. The van der Waals surface area contributed by atoms with Crippen LogP contribution < -0.4 is 5.32 Å². The summed E-state index contributed by atoms with van der Waals surface area (Å²) >= 11 is 0. The Labute approximate surface area is 120 Å². The molecule has 0 aliphatic heterocycles. The number of aromatic nitrogens is 1. The Balaban J connectivity index is 1.67. The van der Waals surface area contributed by atoms with Crippen molar-refractivity contribution < 1.29 is 4.79 Å². The number of amides is 1. The average Bonchev–Trinajstić information content (AvgIpc) is 3.09. The maximum absolute atomic E-state index is 12.6. The molecule has 3 atom stereocenters. The first-order chi connectivity index (χ1) is 9.69. The maximum atomic E-state index is 12.6. The molecule has 2 fully saturated rings. The number of carbonyl (C=O) groups excluding carboxylic acids is 1. The first kappa shape index (κ1) is 13.4. The Morgan fingerprint density at radius 3 is 2.95 bits per heavy atom. The molecule has 0 saturated heterocycles. The van der Waals surface area contributed by atoms with Gasteiger partial charge in [0.2, 0.25) is 0 Å². The average molecular weight is 273 g/mol. The van der Waals surface area contributed by atoms with E-state index in [0.717, 1.165) is 24.1 Å². The van der Waals surface area contributed by atoms with Gasteiger partial charge in [0.1, 0.15) is 0 Å². The van der Waals surface area contributed by atoms with Crippen molar-refractivity contribution in [2.45, 2.75) is 25.7 Å². The van der Waals surface area contributed by atoms with E-state index in [9.17, 15) is 4.79 Å². The van der Waals surface area contributed by atoms with E-state index >= 15 is 0 Å². The number of nitrogens with one attached hydrogen (secondary N) is 1. The number of anilines is 1. The van der Waals surface area contributed by atoms with Crippen molar-refractivity contribution in [1.29, 1.82) is 0 Å². The highest BCUT2D eigenvalue weighted by atomic mass is 16.2. The number of hydrogen-bond acceptors (Lipinski definition) is 3. The van der Waals surface area contributed by atoms with Gasteiger partial charge >= 0.3 is 0 Å². The van der Waals surface area contributed by atoms with Crippen LogP contribution in [0.15, 0.2) is 18.5 Å². The lowest BCUT2D eigenvalue weighted by Crippen LogP contribution is -2.34. The lowest BCUT2D eigenvalue weighted by molar-refractivity contribution is 0.0755. The van der Waals surface area contributed by atoms with Crippen molar-refractivity contribution in [3.63, 3.8) is 0 Å². The molecule has 108 valence electrons. The van der Waals surface area contributed by atoms with E-state index in [1.807, 2.05) is 25.1 Å². The van der Waals surface area contributed by atoms with Gasteiger partial charge in [0, 0.05) is 38.7 Å². The van der Waals surface area contributed by atoms with Crippen LogP contribution in [0.1, 0.15) is 36.0 Å². The summed E-state index contributed by atoms with van der Waals surface area (Å²) < 4.78 is 0. The van der Waals surface area contributed by atoms with Gasteiger partial charge in [-0.15, -0.1) is 0 Å². The number of pyridine rings is 1. The van der Waals surface area contributed by atoms with Crippen molar-refractivity contribution in [2.75, 3.05) is 26.0 Å². The van der Waals surface area contributed by atoms with Gasteiger partial charge in [-0.05, 0) is 43.1 Å². The Kier molecular flexibility index (Phi) is 3.64. The van der Waals surface area contributed by atoms with Crippen LogP contribution in [-0.4, -0.2) is 36.4 Å². The van der Waals surface area contributed by atoms with E-state index in [4.69, 9.17) is 0 Å². The lowest BCUT2D eigenvalue weighted by Gasteiger charge is -2.27. The number of fused-ring (bicyclic) bond motifs is 2. The zero-order valence-electron chi connectivity index (χ0n) is 12.3. The van der Waals surface area contributed by atoms with E-state index in [0.29, 0.717) is 11.5 Å². The molecule has 2 saturated carbocycles. The molecule has 1 amide bonds. The molecule has 2 bridgehead atoms. The predicted octanol–water partition coefficient (Wildman–Crippen LogP) is 2.63. The fraction of sp³-hybridized carbons (Fsp3) is 0.625. The van der Waals surface area contributed by atoms with Gasteiger partial charge in [-0.1, -0.05) is 6.42 Å². The van der Waals surface area contributed by atoms with Crippen molar-refractivity contribution in [1.82, 2.24) is 9.88 Å². The Hall–Kier alpha value is -1.58. The van der Waals surface area contributed by atoms with E-state index in [2.05, 4.69) is 10.3 Å². The van der Waals surface area contributed by atoms with Gasteiger partial charge in [-0.2, -0.15) is 0 Å². The number of hydrogen-bond donors (Lipinski definition) is 1. The molecule has 1 N–H and O–H groups in total. The van der Waals surface area contributed by atoms with Crippen LogP contribution in [0.25, 0.3) is 0 Å². The first-order valence-corrected chi connectivity index (χ1v) is 7.56. The Bertz CT molecular complexity index is 502. The van der Waals surface area contributed by atoms with Gasteiger partial charge in [0.25, 0.3) is 5.91 Å². The molecule has 4 nitrogen and oxygen atoms in total. The molecule has 3 rings (SSSR count). The van der Waals surface area contributed by atoms with E-state index in [-0.39, 0.29) is 5.91 Å². The second-order valence-electron chi connectivity index (χ2n) is 6.29. The van der Waals surface area contributed by atoms with Crippen molar-refractivity contribution in [3.8, 4) is 0 Å². The molecule has 0 spiro atoms. The highest BCUT2D eigenvalue weighted by molar-refractivity contribution is 5.99. The third-order valence-electron chi connectivity index (χ3n) is 5.06. The van der Waals surface area contributed by atoms with Crippen molar-refractivity contribution >= 4 is 11.6 Å². The summed E-state index contributed by atoms with van der Waals surface area (Å²) in [6.45, 7) is 0.887. The SMILES string of the molecule is CNc1ccncc1C(=O)N(C)CC1CC2CCC1C2. The third kappa shape index (κ3) is 2.39. The van der Waals surface area contributed by atoms with E-state index < -0.39 is 0 Å². The van der Waals surface area contributed by atoms with Crippen LogP contribution >= 0.6 is 0 Å². The second-order valence-corrected chi connectivity index (χ2v) is 6.29. The summed E-state index contributed by atoms with van der Waals surface area (Å²) in [6.07, 6.45) is 8.84. The fourth-order valence-electron chi connectivity index (χ4n) is 4.02. The molecule has 0 aromatic carbocycles. The van der Waals surface area contributed by atoms with E-state index in [1.165, 1.54) is 25.7 Å². The normalized spacial score (nSPS) is 27.6. The van der Waals surface area contributed by atoms with Crippen LogP contribution in [0.4, 0.5) is 5.69 Å². The van der Waals surface area contributed by atoms with Crippen molar-refractivity contribution in [3.05, 3.63) is 24.0 Å². The van der Waals surface area contributed by atoms with Crippen LogP contribution in [0, 0.1) is 17.8 Å². The van der Waals surface area contributed by atoms with Gasteiger partial charge in [-0.25, -0.2) is 0 Å². The standard InChI is InChI=1S/C16H23N3O/c1-17-15-5-6-18-9-14(15)16(20)19(2)10-13-8-11-3-4-12(13)7-11/h5-6,9,11-13H,3-4,7-8,10H2,1-2H3,(H,17,18). The van der Waals surface area contributed by atoms with E-state index in [1.54, 1.807) is 12.4 Å². The minimum Gasteiger partial charge on any atom is -0.387 e. The van der Waals surface area contributed by atoms with Crippen molar-refractivity contribution in [2.24, 2.45) is 17.8 Å². The molecule has 1 aromatic rings. The molecule has 1 aromatic heterocycles. The van der Waals surface area contributed by atoms with Gasteiger partial charge < -0.3 is 10.2 Å². The molecule has 2 aliphatic carbocycles. The third-order valence-corrected chi connectivity index (χ3v) is 5.06. The number of carbonyl (C=O) groups is 1.